The van der Waals surface area contributed by atoms with E-state index in [-0.39, 0.29) is 35.7 Å². The zero-order chi connectivity index (χ0) is 26.6. The highest BCUT2D eigenvalue weighted by Gasteiger charge is 2.35. The fourth-order valence-electron chi connectivity index (χ4n) is 4.54. The van der Waals surface area contributed by atoms with Gasteiger partial charge in [-0.05, 0) is 66.9 Å². The van der Waals surface area contributed by atoms with Crippen LogP contribution in [0.15, 0.2) is 66.7 Å². The molecule has 1 saturated heterocycles. The van der Waals surface area contributed by atoms with Crippen LogP contribution in [0.5, 0.6) is 0 Å². The Labute approximate surface area is 219 Å². The van der Waals surface area contributed by atoms with Crippen LogP contribution in [-0.2, 0) is 11.3 Å². The molecule has 0 aromatic heterocycles. The lowest BCUT2D eigenvalue weighted by atomic mass is 10.1. The number of anilines is 2. The Hall–Kier alpha value is -4.27. The second kappa shape index (κ2) is 11.0. The van der Waals surface area contributed by atoms with Crippen LogP contribution in [0, 0.1) is 17.6 Å². The van der Waals surface area contributed by atoms with Gasteiger partial charge in [-0.2, -0.15) is 0 Å². The van der Waals surface area contributed by atoms with Gasteiger partial charge in [-0.1, -0.05) is 18.2 Å². The summed E-state index contributed by atoms with van der Waals surface area (Å²) >= 11 is 0. The number of hydrogen-bond donors (Lipinski definition) is 2. The van der Waals surface area contributed by atoms with Crippen molar-refractivity contribution in [3.63, 3.8) is 0 Å². The van der Waals surface area contributed by atoms with Gasteiger partial charge >= 0.3 is 0 Å². The SMILES string of the molecule is O=C(Nc1ccc(N2CCN(C(=O)C3CC3)CC2)c(C(=O)NCc2ccc(F)cc2)c1)c1cccc(F)c1. The number of piperazine rings is 1. The number of nitrogens with one attached hydrogen (secondary N) is 2. The van der Waals surface area contributed by atoms with Crippen LogP contribution in [0.4, 0.5) is 20.2 Å². The topological polar surface area (TPSA) is 81.8 Å². The Kier molecular flexibility index (Phi) is 7.35. The Morgan fingerprint density at radius 3 is 2.24 bits per heavy atom. The summed E-state index contributed by atoms with van der Waals surface area (Å²) in [7, 11) is 0. The van der Waals surface area contributed by atoms with Gasteiger partial charge in [0.1, 0.15) is 11.6 Å². The molecular formula is C29H28F2N4O3. The first-order valence-electron chi connectivity index (χ1n) is 12.6. The summed E-state index contributed by atoms with van der Waals surface area (Å²) in [6, 6.07) is 16.3. The van der Waals surface area contributed by atoms with Crippen LogP contribution in [0.25, 0.3) is 0 Å². The maximum atomic E-state index is 13.6. The smallest absolute Gasteiger partial charge is 0.255 e. The van der Waals surface area contributed by atoms with Crippen LogP contribution >= 0.6 is 0 Å². The third-order valence-electron chi connectivity index (χ3n) is 6.81. The van der Waals surface area contributed by atoms with E-state index in [1.807, 2.05) is 4.90 Å². The van der Waals surface area contributed by atoms with E-state index in [0.29, 0.717) is 43.1 Å². The number of halogens is 2. The largest absolute Gasteiger partial charge is 0.367 e. The van der Waals surface area contributed by atoms with Gasteiger partial charge < -0.3 is 20.4 Å². The van der Waals surface area contributed by atoms with E-state index in [4.69, 9.17) is 0 Å². The number of amides is 3. The molecule has 0 bridgehead atoms. The van der Waals surface area contributed by atoms with Crippen LogP contribution in [0.1, 0.15) is 39.1 Å². The van der Waals surface area contributed by atoms with Gasteiger partial charge in [-0.15, -0.1) is 0 Å². The molecule has 2 fully saturated rings. The number of carbonyl (C=O) groups excluding carboxylic acids is 3. The molecule has 5 rings (SSSR count). The summed E-state index contributed by atoms with van der Waals surface area (Å²) in [6.45, 7) is 2.49. The standard InChI is InChI=1S/C29H28F2N4O3/c30-22-8-4-19(5-9-22)18-32-28(37)25-17-24(33-27(36)21-2-1-3-23(31)16-21)10-11-26(25)34-12-14-35(15-13-34)29(38)20-6-7-20/h1-5,8-11,16-17,20H,6-7,12-15,18H2,(H,32,37)(H,33,36). The summed E-state index contributed by atoms with van der Waals surface area (Å²) < 4.78 is 26.8. The van der Waals surface area contributed by atoms with Crippen LogP contribution in [-0.4, -0.2) is 48.8 Å². The van der Waals surface area contributed by atoms with E-state index < -0.39 is 11.7 Å². The van der Waals surface area contributed by atoms with Gasteiger partial charge in [0.15, 0.2) is 0 Å². The Morgan fingerprint density at radius 2 is 1.55 bits per heavy atom. The van der Waals surface area contributed by atoms with Gasteiger partial charge in [0.25, 0.3) is 11.8 Å². The molecule has 1 aliphatic carbocycles. The van der Waals surface area contributed by atoms with Crippen LogP contribution in [0.2, 0.25) is 0 Å². The summed E-state index contributed by atoms with van der Waals surface area (Å²) in [5.74, 6) is -1.37. The highest BCUT2D eigenvalue weighted by molar-refractivity contribution is 6.06. The van der Waals surface area contributed by atoms with Gasteiger partial charge in [0.05, 0.1) is 5.56 Å². The third kappa shape index (κ3) is 5.99. The fraction of sp³-hybridized carbons (Fsp3) is 0.276. The van der Waals surface area contributed by atoms with Gasteiger partial charge in [-0.25, -0.2) is 8.78 Å². The summed E-state index contributed by atoms with van der Waals surface area (Å²) in [5.41, 5.74) is 2.32. The number of rotatable bonds is 7. The van der Waals surface area contributed by atoms with Crippen molar-refractivity contribution in [3.8, 4) is 0 Å². The molecule has 0 atom stereocenters. The minimum Gasteiger partial charge on any atom is -0.367 e. The molecule has 7 nitrogen and oxygen atoms in total. The maximum absolute atomic E-state index is 13.6. The molecule has 2 N–H and O–H groups in total. The van der Waals surface area contributed by atoms with E-state index >= 15 is 0 Å². The number of nitrogens with zero attached hydrogens (tertiary/aromatic N) is 2. The van der Waals surface area contributed by atoms with Crippen molar-refractivity contribution in [1.82, 2.24) is 10.2 Å². The van der Waals surface area contributed by atoms with Crippen LogP contribution in [0.3, 0.4) is 0 Å². The molecule has 196 valence electrons. The predicted octanol–water partition coefficient (Wildman–Crippen LogP) is 4.21. The van der Waals surface area contributed by atoms with E-state index in [0.717, 1.165) is 24.5 Å². The molecule has 1 heterocycles. The number of hydrogen-bond acceptors (Lipinski definition) is 4. The van der Waals surface area contributed by atoms with Crippen molar-refractivity contribution >= 4 is 29.1 Å². The first-order valence-corrected chi connectivity index (χ1v) is 12.6. The van der Waals surface area contributed by atoms with Crippen molar-refractivity contribution in [3.05, 3.63) is 95.1 Å². The molecule has 3 aromatic carbocycles. The molecule has 1 aliphatic heterocycles. The van der Waals surface area contributed by atoms with E-state index in [1.165, 1.54) is 30.3 Å². The quantitative estimate of drug-likeness (QED) is 0.491. The second-order valence-electron chi connectivity index (χ2n) is 9.59. The Morgan fingerprint density at radius 1 is 0.816 bits per heavy atom. The maximum Gasteiger partial charge on any atom is 0.255 e. The zero-order valence-corrected chi connectivity index (χ0v) is 20.8. The lowest BCUT2D eigenvalue weighted by Crippen LogP contribution is -2.49. The Bertz CT molecular complexity index is 1350. The normalized spacial score (nSPS) is 15.2. The van der Waals surface area contributed by atoms with Gasteiger partial charge in [-0.3, -0.25) is 14.4 Å². The van der Waals surface area contributed by atoms with Gasteiger partial charge in [0, 0.05) is 55.6 Å². The van der Waals surface area contributed by atoms with Crippen molar-refractivity contribution in [2.75, 3.05) is 36.4 Å². The fourth-order valence-corrected chi connectivity index (χ4v) is 4.54. The predicted molar refractivity (Wildman–Crippen MR) is 140 cm³/mol. The molecule has 38 heavy (non-hydrogen) atoms. The average molecular weight is 519 g/mol. The molecule has 9 heteroatoms. The van der Waals surface area contributed by atoms with E-state index in [1.54, 1.807) is 30.3 Å². The van der Waals surface area contributed by atoms with Gasteiger partial charge in [0.2, 0.25) is 5.91 Å². The number of benzene rings is 3. The van der Waals surface area contributed by atoms with E-state index in [9.17, 15) is 23.2 Å². The monoisotopic (exact) mass is 518 g/mol. The lowest BCUT2D eigenvalue weighted by Gasteiger charge is -2.37. The molecule has 0 spiro atoms. The van der Waals surface area contributed by atoms with Crippen molar-refractivity contribution in [2.24, 2.45) is 5.92 Å². The lowest BCUT2D eigenvalue weighted by molar-refractivity contribution is -0.132. The minimum absolute atomic E-state index is 0.160. The van der Waals surface area contributed by atoms with Crippen molar-refractivity contribution in [1.29, 1.82) is 0 Å². The average Bonchev–Trinajstić information content (AvgIpc) is 3.78. The van der Waals surface area contributed by atoms with E-state index in [2.05, 4.69) is 15.5 Å². The van der Waals surface area contributed by atoms with Crippen LogP contribution < -0.4 is 15.5 Å². The molecular weight excluding hydrogens is 490 g/mol. The molecule has 3 amide bonds. The minimum atomic E-state index is -0.520. The highest BCUT2D eigenvalue weighted by Crippen LogP contribution is 2.32. The molecule has 2 aliphatic rings. The second-order valence-corrected chi connectivity index (χ2v) is 9.59. The first-order chi connectivity index (χ1) is 18.4. The highest BCUT2D eigenvalue weighted by atomic mass is 19.1. The molecule has 3 aromatic rings. The molecule has 0 radical (unpaired) electrons. The first kappa shape index (κ1) is 25.4. The third-order valence-corrected chi connectivity index (χ3v) is 6.81. The summed E-state index contributed by atoms with van der Waals surface area (Å²) in [5, 5.41) is 5.60. The summed E-state index contributed by atoms with van der Waals surface area (Å²) in [4.78, 5) is 42.4. The number of carbonyl (C=O) groups is 3. The molecule has 0 unspecified atom stereocenters. The van der Waals surface area contributed by atoms with Crippen molar-refractivity contribution in [2.45, 2.75) is 19.4 Å². The Balaban J connectivity index is 1.35. The zero-order valence-electron chi connectivity index (χ0n) is 20.8. The summed E-state index contributed by atoms with van der Waals surface area (Å²) in [6.07, 6.45) is 1.92. The molecule has 1 saturated carbocycles. The van der Waals surface area contributed by atoms with Crippen molar-refractivity contribution < 1.29 is 23.2 Å².